The van der Waals surface area contributed by atoms with Crippen molar-refractivity contribution < 1.29 is 14.3 Å². The number of nitrogens with two attached hydrogens (primary N) is 1. The fourth-order valence-electron chi connectivity index (χ4n) is 2.64. The molecule has 6 heteroatoms. The number of hydrogen-bond donors (Lipinski definition) is 2. The maximum atomic E-state index is 12.2. The third-order valence-corrected chi connectivity index (χ3v) is 3.80. The number of methoxy groups -OCH3 is 1. The second-order valence-corrected chi connectivity index (χ2v) is 5.35. The first kappa shape index (κ1) is 15.6. The predicted octanol–water partition coefficient (Wildman–Crippen LogP) is 1.33. The third-order valence-electron chi connectivity index (χ3n) is 3.80. The van der Waals surface area contributed by atoms with Crippen molar-refractivity contribution in [3.63, 3.8) is 0 Å². The lowest BCUT2D eigenvalue weighted by molar-refractivity contribution is -0.117. The third kappa shape index (κ3) is 3.86. The Labute approximate surface area is 125 Å². The Hall–Kier alpha value is -1.79. The highest BCUT2D eigenvalue weighted by molar-refractivity contribution is 5.94. The normalized spacial score (nSPS) is 21.5. The molecule has 1 fully saturated rings. The van der Waals surface area contributed by atoms with Gasteiger partial charge in [0.25, 0.3) is 0 Å². The monoisotopic (exact) mass is 293 g/mol. The lowest BCUT2D eigenvalue weighted by Gasteiger charge is -2.26. The zero-order chi connectivity index (χ0) is 15.4. The van der Waals surface area contributed by atoms with Crippen molar-refractivity contribution in [2.75, 3.05) is 38.4 Å². The summed E-state index contributed by atoms with van der Waals surface area (Å²) < 4.78 is 10.7. The largest absolute Gasteiger partial charge is 0.494 e. The van der Waals surface area contributed by atoms with E-state index in [1.54, 1.807) is 25.3 Å². The molecule has 0 aromatic heterocycles. The van der Waals surface area contributed by atoms with E-state index in [4.69, 9.17) is 15.2 Å². The molecule has 3 N–H and O–H groups in total. The van der Waals surface area contributed by atoms with E-state index in [9.17, 15) is 4.79 Å². The van der Waals surface area contributed by atoms with Crippen LogP contribution < -0.4 is 15.8 Å². The van der Waals surface area contributed by atoms with Crippen molar-refractivity contribution in [2.24, 2.45) is 0 Å². The van der Waals surface area contributed by atoms with Crippen LogP contribution in [0.5, 0.6) is 5.75 Å². The van der Waals surface area contributed by atoms with Gasteiger partial charge in [0.05, 0.1) is 25.4 Å². The molecule has 116 valence electrons. The number of likely N-dealkylation sites (N-methyl/N-ethyl adjacent to an activating group) is 1. The maximum absolute atomic E-state index is 12.2. The Balaban J connectivity index is 1.95. The molecule has 1 aromatic carbocycles. The van der Waals surface area contributed by atoms with E-state index in [1.807, 2.05) is 18.9 Å². The van der Waals surface area contributed by atoms with Crippen molar-refractivity contribution in [1.29, 1.82) is 0 Å². The summed E-state index contributed by atoms with van der Waals surface area (Å²) in [7, 11) is 3.49. The number of nitrogens with zero attached hydrogens (tertiary/aromatic N) is 1. The number of carbonyl (C=O) groups excluding carboxylic acids is 1. The van der Waals surface area contributed by atoms with E-state index in [2.05, 4.69) is 5.32 Å². The van der Waals surface area contributed by atoms with Crippen LogP contribution in [-0.2, 0) is 9.53 Å². The molecule has 1 heterocycles. The molecule has 2 rings (SSSR count). The highest BCUT2D eigenvalue weighted by Crippen LogP contribution is 2.26. The van der Waals surface area contributed by atoms with Crippen LogP contribution in [0.1, 0.15) is 13.3 Å². The molecule has 21 heavy (non-hydrogen) atoms. The van der Waals surface area contributed by atoms with Crippen LogP contribution in [0.3, 0.4) is 0 Å². The van der Waals surface area contributed by atoms with Crippen LogP contribution in [0, 0.1) is 0 Å². The van der Waals surface area contributed by atoms with Gasteiger partial charge in [0.1, 0.15) is 5.75 Å². The number of nitrogen functional groups attached to an aromatic ring is 1. The first-order chi connectivity index (χ1) is 10.0. The van der Waals surface area contributed by atoms with Crippen LogP contribution in [0.2, 0.25) is 0 Å². The summed E-state index contributed by atoms with van der Waals surface area (Å²) >= 11 is 0. The average Bonchev–Trinajstić information content (AvgIpc) is 2.87. The molecule has 0 radical (unpaired) electrons. The molecule has 2 unspecified atom stereocenters. The Kier molecular flexibility index (Phi) is 5.03. The number of nitrogens with one attached hydrogen (secondary N) is 1. The second-order valence-electron chi connectivity index (χ2n) is 5.35. The fraction of sp³-hybridized carbons (Fsp3) is 0.533. The molecule has 2 atom stereocenters. The van der Waals surface area contributed by atoms with Gasteiger partial charge in [0.2, 0.25) is 5.91 Å². The topological polar surface area (TPSA) is 76.8 Å². The molecule has 1 amide bonds. The van der Waals surface area contributed by atoms with Gasteiger partial charge in [-0.1, -0.05) is 0 Å². The molecule has 1 aromatic rings. The number of hydrogen-bond acceptors (Lipinski definition) is 5. The SMILES string of the molecule is COc1cc(N)ccc1NC(=O)CN(C)C1CCOC1C. The van der Waals surface area contributed by atoms with Crippen molar-refractivity contribution >= 4 is 17.3 Å². The standard InChI is InChI=1S/C15H23N3O3/c1-10-13(6-7-21-10)18(2)9-15(19)17-12-5-4-11(16)8-14(12)20-3/h4-5,8,10,13H,6-7,9,16H2,1-3H3,(H,17,19). The second kappa shape index (κ2) is 6.78. The summed E-state index contributed by atoms with van der Waals surface area (Å²) in [5, 5.41) is 2.86. The van der Waals surface area contributed by atoms with E-state index in [1.165, 1.54) is 0 Å². The van der Waals surface area contributed by atoms with Gasteiger partial charge in [-0.15, -0.1) is 0 Å². The number of rotatable bonds is 5. The first-order valence-corrected chi connectivity index (χ1v) is 7.06. The quantitative estimate of drug-likeness (QED) is 0.801. The van der Waals surface area contributed by atoms with Crippen LogP contribution in [0.15, 0.2) is 18.2 Å². The minimum Gasteiger partial charge on any atom is -0.494 e. The molecule has 6 nitrogen and oxygen atoms in total. The van der Waals surface area contributed by atoms with Gasteiger partial charge in [-0.05, 0) is 32.5 Å². The molecule has 0 aliphatic carbocycles. The number of anilines is 2. The maximum Gasteiger partial charge on any atom is 0.238 e. The predicted molar refractivity (Wildman–Crippen MR) is 82.5 cm³/mol. The Morgan fingerprint density at radius 1 is 1.57 bits per heavy atom. The highest BCUT2D eigenvalue weighted by atomic mass is 16.5. The van der Waals surface area contributed by atoms with Crippen LogP contribution in [0.4, 0.5) is 11.4 Å². The number of benzene rings is 1. The molecule has 1 aliphatic heterocycles. The van der Waals surface area contributed by atoms with E-state index in [0.29, 0.717) is 23.7 Å². The summed E-state index contributed by atoms with van der Waals surface area (Å²) in [6.07, 6.45) is 1.12. The number of amides is 1. The summed E-state index contributed by atoms with van der Waals surface area (Å²) in [6, 6.07) is 5.44. The summed E-state index contributed by atoms with van der Waals surface area (Å²) in [5.41, 5.74) is 6.92. The lowest BCUT2D eigenvalue weighted by atomic mass is 10.1. The van der Waals surface area contributed by atoms with Crippen molar-refractivity contribution in [3.05, 3.63) is 18.2 Å². The highest BCUT2D eigenvalue weighted by Gasteiger charge is 2.28. The summed E-state index contributed by atoms with van der Waals surface area (Å²) in [5.74, 6) is 0.475. The Morgan fingerprint density at radius 3 is 2.95 bits per heavy atom. The molecule has 1 aliphatic rings. The van der Waals surface area contributed by atoms with Gasteiger partial charge in [-0.25, -0.2) is 0 Å². The van der Waals surface area contributed by atoms with Gasteiger partial charge in [-0.3, -0.25) is 9.69 Å². The number of carbonyl (C=O) groups is 1. The molecular weight excluding hydrogens is 270 g/mol. The number of ether oxygens (including phenoxy) is 2. The van der Waals surface area contributed by atoms with E-state index in [-0.39, 0.29) is 18.1 Å². The molecule has 0 spiro atoms. The summed E-state index contributed by atoms with van der Waals surface area (Å²) in [4.78, 5) is 14.2. The zero-order valence-electron chi connectivity index (χ0n) is 12.8. The molecular formula is C15H23N3O3. The van der Waals surface area contributed by atoms with Crippen LogP contribution in [-0.4, -0.2) is 50.3 Å². The molecule has 1 saturated heterocycles. The van der Waals surface area contributed by atoms with Gasteiger partial charge >= 0.3 is 0 Å². The molecule has 0 bridgehead atoms. The minimum absolute atomic E-state index is 0.0836. The smallest absolute Gasteiger partial charge is 0.238 e. The van der Waals surface area contributed by atoms with Gasteiger partial charge in [-0.2, -0.15) is 0 Å². The van der Waals surface area contributed by atoms with E-state index < -0.39 is 0 Å². The summed E-state index contributed by atoms with van der Waals surface area (Å²) in [6.45, 7) is 3.10. The van der Waals surface area contributed by atoms with Crippen molar-refractivity contribution in [3.8, 4) is 5.75 Å². The van der Waals surface area contributed by atoms with Gasteiger partial charge < -0.3 is 20.5 Å². The fourth-order valence-corrected chi connectivity index (χ4v) is 2.64. The van der Waals surface area contributed by atoms with Crippen LogP contribution >= 0.6 is 0 Å². The van der Waals surface area contributed by atoms with Crippen LogP contribution in [0.25, 0.3) is 0 Å². The minimum atomic E-state index is -0.0836. The first-order valence-electron chi connectivity index (χ1n) is 7.06. The van der Waals surface area contributed by atoms with Crippen molar-refractivity contribution in [2.45, 2.75) is 25.5 Å². The average molecular weight is 293 g/mol. The van der Waals surface area contributed by atoms with Gasteiger partial charge in [0.15, 0.2) is 0 Å². The van der Waals surface area contributed by atoms with E-state index >= 15 is 0 Å². The Morgan fingerprint density at radius 2 is 2.33 bits per heavy atom. The van der Waals surface area contributed by atoms with Gasteiger partial charge in [0, 0.05) is 24.4 Å². The van der Waals surface area contributed by atoms with E-state index in [0.717, 1.165) is 13.0 Å². The Bertz CT molecular complexity index is 507. The van der Waals surface area contributed by atoms with Crippen molar-refractivity contribution in [1.82, 2.24) is 4.90 Å². The zero-order valence-corrected chi connectivity index (χ0v) is 12.8. The lowest BCUT2D eigenvalue weighted by Crippen LogP contribution is -2.41. The molecule has 0 saturated carbocycles.